The predicted octanol–water partition coefficient (Wildman–Crippen LogP) is 1.72. The van der Waals surface area contributed by atoms with Crippen LogP contribution in [-0.2, 0) is 4.79 Å². The normalized spacial score (nSPS) is 20.2. The number of carbonyl (C=O) groups is 2. The number of amides is 2. The number of nitrogens with one attached hydrogen (secondary N) is 1. The number of thioether (sulfide) groups is 1. The first-order chi connectivity index (χ1) is 7.20. The van der Waals surface area contributed by atoms with Crippen molar-refractivity contribution in [3.63, 3.8) is 0 Å². The van der Waals surface area contributed by atoms with Gasteiger partial charge in [0.1, 0.15) is 11.0 Å². The molecule has 1 atom stereocenters. The summed E-state index contributed by atoms with van der Waals surface area (Å²) in [5.41, 5.74) is 0.809. The molecule has 2 rings (SSSR count). The monoisotopic (exact) mass is 223 g/mol. The highest BCUT2D eigenvalue weighted by Gasteiger charge is 2.32. The SMILES string of the molecule is COc1ccc(C2SC(=O)NC2=O)cc1. The Bertz CT molecular complexity index is 402. The van der Waals surface area contributed by atoms with Crippen molar-refractivity contribution in [3.8, 4) is 5.75 Å². The van der Waals surface area contributed by atoms with Gasteiger partial charge in [-0.2, -0.15) is 0 Å². The molecule has 1 unspecified atom stereocenters. The average molecular weight is 223 g/mol. The van der Waals surface area contributed by atoms with E-state index < -0.39 is 5.25 Å². The van der Waals surface area contributed by atoms with Gasteiger partial charge in [-0.3, -0.25) is 14.9 Å². The van der Waals surface area contributed by atoms with Crippen molar-refractivity contribution in [1.29, 1.82) is 0 Å². The zero-order valence-corrected chi connectivity index (χ0v) is 8.84. The third-order valence-electron chi connectivity index (χ3n) is 2.11. The van der Waals surface area contributed by atoms with Gasteiger partial charge < -0.3 is 4.74 Å². The van der Waals surface area contributed by atoms with Crippen LogP contribution in [0.5, 0.6) is 5.75 Å². The van der Waals surface area contributed by atoms with Crippen LogP contribution in [0.15, 0.2) is 24.3 Å². The first kappa shape index (κ1) is 10.0. The topological polar surface area (TPSA) is 55.4 Å². The van der Waals surface area contributed by atoms with Gasteiger partial charge in [0, 0.05) is 0 Å². The van der Waals surface area contributed by atoms with Gasteiger partial charge in [-0.15, -0.1) is 0 Å². The van der Waals surface area contributed by atoms with E-state index in [1.165, 1.54) is 0 Å². The zero-order chi connectivity index (χ0) is 10.8. The van der Waals surface area contributed by atoms with Crippen molar-refractivity contribution in [3.05, 3.63) is 29.8 Å². The Kier molecular flexibility index (Phi) is 2.64. The Balaban J connectivity index is 2.22. The van der Waals surface area contributed by atoms with E-state index in [2.05, 4.69) is 5.32 Å². The second-order valence-corrected chi connectivity index (χ2v) is 4.13. The van der Waals surface area contributed by atoms with E-state index >= 15 is 0 Å². The summed E-state index contributed by atoms with van der Waals surface area (Å²) in [6.07, 6.45) is 0. The molecule has 5 heteroatoms. The molecule has 15 heavy (non-hydrogen) atoms. The van der Waals surface area contributed by atoms with Gasteiger partial charge in [0.05, 0.1) is 7.11 Å². The molecule has 1 heterocycles. The van der Waals surface area contributed by atoms with Crippen LogP contribution < -0.4 is 10.1 Å². The second-order valence-electron chi connectivity index (χ2n) is 3.05. The molecule has 1 aromatic rings. The Morgan fingerprint density at radius 3 is 2.40 bits per heavy atom. The molecule has 1 aliphatic rings. The fraction of sp³-hybridized carbons (Fsp3) is 0.200. The molecule has 0 radical (unpaired) electrons. The first-order valence-electron chi connectivity index (χ1n) is 4.36. The Hall–Kier alpha value is -1.49. The molecule has 2 amide bonds. The number of hydrogen-bond acceptors (Lipinski definition) is 4. The molecule has 78 valence electrons. The third kappa shape index (κ3) is 1.97. The lowest BCUT2D eigenvalue weighted by molar-refractivity contribution is -0.119. The van der Waals surface area contributed by atoms with E-state index in [0.717, 1.165) is 23.1 Å². The highest BCUT2D eigenvalue weighted by molar-refractivity contribution is 8.15. The number of hydrogen-bond donors (Lipinski definition) is 1. The zero-order valence-electron chi connectivity index (χ0n) is 8.02. The molecule has 0 bridgehead atoms. The lowest BCUT2D eigenvalue weighted by Gasteiger charge is -2.06. The number of carbonyl (C=O) groups excluding carboxylic acids is 2. The van der Waals surface area contributed by atoms with Crippen molar-refractivity contribution in [1.82, 2.24) is 5.32 Å². The highest BCUT2D eigenvalue weighted by atomic mass is 32.2. The van der Waals surface area contributed by atoms with Crippen LogP contribution in [0.1, 0.15) is 10.8 Å². The largest absolute Gasteiger partial charge is 0.497 e. The van der Waals surface area contributed by atoms with Gasteiger partial charge in [0.15, 0.2) is 0 Å². The highest BCUT2D eigenvalue weighted by Crippen LogP contribution is 2.34. The van der Waals surface area contributed by atoms with Gasteiger partial charge in [0.25, 0.3) is 5.24 Å². The summed E-state index contributed by atoms with van der Waals surface area (Å²) in [4.78, 5) is 22.3. The van der Waals surface area contributed by atoms with Crippen LogP contribution in [0.4, 0.5) is 4.79 Å². The van der Waals surface area contributed by atoms with Crippen LogP contribution in [0.3, 0.4) is 0 Å². The minimum Gasteiger partial charge on any atom is -0.497 e. The van der Waals surface area contributed by atoms with Crippen molar-refractivity contribution in [2.45, 2.75) is 5.25 Å². The van der Waals surface area contributed by atoms with Crippen LogP contribution in [0, 0.1) is 0 Å². The molecular formula is C10H9NO3S. The van der Waals surface area contributed by atoms with Gasteiger partial charge in [-0.25, -0.2) is 0 Å². The maximum Gasteiger partial charge on any atom is 0.286 e. The molecule has 0 aromatic heterocycles. The molecule has 0 spiro atoms. The molecular weight excluding hydrogens is 214 g/mol. The quantitative estimate of drug-likeness (QED) is 0.829. The van der Waals surface area contributed by atoms with Crippen molar-refractivity contribution in [2.24, 2.45) is 0 Å². The number of ether oxygens (including phenoxy) is 1. The maximum atomic E-state index is 11.4. The minimum atomic E-state index is -0.427. The Labute approximate surface area is 91.0 Å². The first-order valence-corrected chi connectivity index (χ1v) is 5.24. The van der Waals surface area contributed by atoms with E-state index in [4.69, 9.17) is 4.74 Å². The van der Waals surface area contributed by atoms with E-state index in [0.29, 0.717) is 0 Å². The molecule has 1 N–H and O–H groups in total. The summed E-state index contributed by atoms with van der Waals surface area (Å²) in [6, 6.07) is 7.11. The molecule has 0 saturated carbocycles. The van der Waals surface area contributed by atoms with Crippen molar-refractivity contribution >= 4 is 22.9 Å². The van der Waals surface area contributed by atoms with E-state index in [1.807, 2.05) is 0 Å². The van der Waals surface area contributed by atoms with E-state index in [-0.39, 0.29) is 11.1 Å². The van der Waals surface area contributed by atoms with Gasteiger partial charge >= 0.3 is 0 Å². The number of methoxy groups -OCH3 is 1. The van der Waals surface area contributed by atoms with Crippen LogP contribution in [0.2, 0.25) is 0 Å². The van der Waals surface area contributed by atoms with Crippen LogP contribution >= 0.6 is 11.8 Å². The standard InChI is InChI=1S/C10H9NO3S/c1-14-7-4-2-6(3-5-7)8-9(12)11-10(13)15-8/h2-5,8H,1H3,(H,11,12,13). The molecule has 1 aromatic carbocycles. The molecule has 0 aliphatic carbocycles. The summed E-state index contributed by atoms with van der Waals surface area (Å²) in [5, 5.41) is 1.53. The summed E-state index contributed by atoms with van der Waals surface area (Å²) < 4.78 is 5.01. The molecule has 4 nitrogen and oxygen atoms in total. The lowest BCUT2D eigenvalue weighted by Crippen LogP contribution is -2.20. The molecule has 1 aliphatic heterocycles. The number of rotatable bonds is 2. The lowest BCUT2D eigenvalue weighted by atomic mass is 10.1. The molecule has 1 fully saturated rings. The fourth-order valence-electron chi connectivity index (χ4n) is 1.35. The van der Waals surface area contributed by atoms with E-state index in [1.54, 1.807) is 31.4 Å². The predicted molar refractivity (Wildman–Crippen MR) is 56.9 cm³/mol. The number of benzene rings is 1. The Morgan fingerprint density at radius 2 is 1.93 bits per heavy atom. The molecule has 1 saturated heterocycles. The second kappa shape index (κ2) is 3.94. The maximum absolute atomic E-state index is 11.4. The summed E-state index contributed by atoms with van der Waals surface area (Å²) >= 11 is 1.000. The van der Waals surface area contributed by atoms with Gasteiger partial charge in [-0.1, -0.05) is 12.1 Å². The average Bonchev–Trinajstić information content (AvgIpc) is 2.58. The fourth-order valence-corrected chi connectivity index (χ4v) is 2.19. The summed E-state index contributed by atoms with van der Waals surface area (Å²) in [7, 11) is 1.58. The van der Waals surface area contributed by atoms with Crippen LogP contribution in [-0.4, -0.2) is 18.3 Å². The van der Waals surface area contributed by atoms with E-state index in [9.17, 15) is 9.59 Å². The van der Waals surface area contributed by atoms with Crippen LogP contribution in [0.25, 0.3) is 0 Å². The minimum absolute atomic E-state index is 0.254. The van der Waals surface area contributed by atoms with Crippen molar-refractivity contribution < 1.29 is 14.3 Å². The van der Waals surface area contributed by atoms with Gasteiger partial charge in [0.2, 0.25) is 5.91 Å². The number of imide groups is 1. The van der Waals surface area contributed by atoms with Crippen molar-refractivity contribution in [2.75, 3.05) is 7.11 Å². The Morgan fingerprint density at radius 1 is 1.27 bits per heavy atom. The van der Waals surface area contributed by atoms with Gasteiger partial charge in [-0.05, 0) is 29.5 Å². The smallest absolute Gasteiger partial charge is 0.286 e. The summed E-state index contributed by atoms with van der Waals surface area (Å²) in [6.45, 7) is 0. The summed E-state index contributed by atoms with van der Waals surface area (Å²) in [5.74, 6) is 0.476. The third-order valence-corrected chi connectivity index (χ3v) is 3.14.